The SMILES string of the molecule is C1CCN(CC2CC3(CCNC3)CO2)C1. The summed E-state index contributed by atoms with van der Waals surface area (Å²) in [6.07, 6.45) is 5.90. The summed E-state index contributed by atoms with van der Waals surface area (Å²) in [4.78, 5) is 2.58. The quantitative estimate of drug-likeness (QED) is 0.731. The fraction of sp³-hybridized carbons (Fsp3) is 1.00. The number of likely N-dealkylation sites (tertiary alicyclic amines) is 1. The maximum absolute atomic E-state index is 5.97. The highest BCUT2D eigenvalue weighted by Crippen LogP contribution is 2.38. The van der Waals surface area contributed by atoms with Crippen molar-refractivity contribution in [1.29, 1.82) is 0 Å². The van der Waals surface area contributed by atoms with E-state index in [1.54, 1.807) is 0 Å². The summed E-state index contributed by atoms with van der Waals surface area (Å²) < 4.78 is 5.97. The molecular weight excluding hydrogens is 188 g/mol. The highest BCUT2D eigenvalue weighted by atomic mass is 16.5. The monoisotopic (exact) mass is 210 g/mol. The van der Waals surface area contributed by atoms with Crippen LogP contribution in [-0.4, -0.2) is 50.3 Å². The van der Waals surface area contributed by atoms with Gasteiger partial charge >= 0.3 is 0 Å². The molecule has 3 aliphatic rings. The first-order chi connectivity index (χ1) is 7.36. The second-order valence-corrected chi connectivity index (χ2v) is 5.57. The molecule has 0 saturated carbocycles. The van der Waals surface area contributed by atoms with Gasteiger partial charge in [-0.3, -0.25) is 0 Å². The summed E-state index contributed by atoms with van der Waals surface area (Å²) in [5.41, 5.74) is 0.504. The van der Waals surface area contributed by atoms with E-state index in [4.69, 9.17) is 4.74 Å². The molecule has 0 radical (unpaired) electrons. The van der Waals surface area contributed by atoms with E-state index in [9.17, 15) is 0 Å². The number of nitrogens with zero attached hydrogens (tertiary/aromatic N) is 1. The topological polar surface area (TPSA) is 24.5 Å². The van der Waals surface area contributed by atoms with Crippen LogP contribution in [0, 0.1) is 5.41 Å². The molecule has 3 aliphatic heterocycles. The Labute approximate surface area is 92.2 Å². The van der Waals surface area contributed by atoms with Crippen molar-refractivity contribution in [2.45, 2.75) is 31.8 Å². The zero-order valence-corrected chi connectivity index (χ0v) is 9.50. The molecule has 0 aliphatic carbocycles. The molecule has 0 aromatic heterocycles. The summed E-state index contributed by atoms with van der Waals surface area (Å²) in [6.45, 7) is 7.15. The van der Waals surface area contributed by atoms with Crippen LogP contribution in [0.15, 0.2) is 0 Å². The molecule has 1 spiro atoms. The second kappa shape index (κ2) is 4.04. The normalized spacial score (nSPS) is 42.0. The van der Waals surface area contributed by atoms with Crippen molar-refractivity contribution in [3.8, 4) is 0 Å². The summed E-state index contributed by atoms with van der Waals surface area (Å²) in [7, 11) is 0. The smallest absolute Gasteiger partial charge is 0.0708 e. The molecule has 2 unspecified atom stereocenters. The minimum atomic E-state index is 0.504. The third-order valence-corrected chi connectivity index (χ3v) is 4.28. The Morgan fingerprint density at radius 2 is 2.20 bits per heavy atom. The third kappa shape index (κ3) is 2.05. The van der Waals surface area contributed by atoms with Crippen molar-refractivity contribution in [2.24, 2.45) is 5.41 Å². The second-order valence-electron chi connectivity index (χ2n) is 5.57. The average molecular weight is 210 g/mol. The van der Waals surface area contributed by atoms with Gasteiger partial charge in [-0.15, -0.1) is 0 Å². The van der Waals surface area contributed by atoms with Crippen LogP contribution in [0.5, 0.6) is 0 Å². The van der Waals surface area contributed by atoms with Crippen molar-refractivity contribution in [2.75, 3.05) is 39.3 Å². The largest absolute Gasteiger partial charge is 0.376 e. The van der Waals surface area contributed by atoms with Crippen LogP contribution in [0.4, 0.5) is 0 Å². The molecule has 3 fully saturated rings. The maximum atomic E-state index is 5.97. The maximum Gasteiger partial charge on any atom is 0.0708 e. The van der Waals surface area contributed by atoms with Crippen molar-refractivity contribution in [3.05, 3.63) is 0 Å². The minimum Gasteiger partial charge on any atom is -0.376 e. The molecule has 1 N–H and O–H groups in total. The van der Waals surface area contributed by atoms with E-state index in [1.165, 1.54) is 58.4 Å². The van der Waals surface area contributed by atoms with Crippen molar-refractivity contribution < 1.29 is 4.74 Å². The van der Waals surface area contributed by atoms with E-state index >= 15 is 0 Å². The van der Waals surface area contributed by atoms with E-state index in [2.05, 4.69) is 10.2 Å². The fourth-order valence-corrected chi connectivity index (χ4v) is 3.36. The summed E-state index contributed by atoms with van der Waals surface area (Å²) in [5.74, 6) is 0. The van der Waals surface area contributed by atoms with Crippen LogP contribution in [0.25, 0.3) is 0 Å². The molecule has 0 aromatic rings. The van der Waals surface area contributed by atoms with Crippen molar-refractivity contribution >= 4 is 0 Å². The zero-order chi connectivity index (χ0) is 10.1. The molecule has 3 heteroatoms. The molecule has 2 atom stereocenters. The number of nitrogens with one attached hydrogen (secondary N) is 1. The number of hydrogen-bond donors (Lipinski definition) is 1. The van der Waals surface area contributed by atoms with Crippen LogP contribution in [-0.2, 0) is 4.74 Å². The first-order valence-electron chi connectivity index (χ1n) is 6.41. The first-order valence-corrected chi connectivity index (χ1v) is 6.41. The van der Waals surface area contributed by atoms with Gasteiger partial charge in [-0.25, -0.2) is 0 Å². The molecule has 3 rings (SSSR count). The van der Waals surface area contributed by atoms with Crippen molar-refractivity contribution in [3.63, 3.8) is 0 Å². The molecule has 0 amide bonds. The van der Waals surface area contributed by atoms with Crippen LogP contribution in [0.1, 0.15) is 25.7 Å². The van der Waals surface area contributed by atoms with Crippen molar-refractivity contribution in [1.82, 2.24) is 10.2 Å². The molecule has 0 aromatic carbocycles. The minimum absolute atomic E-state index is 0.504. The third-order valence-electron chi connectivity index (χ3n) is 4.28. The molecule has 3 saturated heterocycles. The molecule has 86 valence electrons. The predicted octanol–water partition coefficient (Wildman–Crippen LogP) is 0.851. The van der Waals surface area contributed by atoms with Gasteiger partial charge in [0.1, 0.15) is 0 Å². The highest BCUT2D eigenvalue weighted by molar-refractivity contribution is 4.95. The van der Waals surface area contributed by atoms with Gasteiger partial charge in [0.15, 0.2) is 0 Å². The zero-order valence-electron chi connectivity index (χ0n) is 9.50. The molecular formula is C12H22N2O. The van der Waals surface area contributed by atoms with E-state index < -0.39 is 0 Å². The molecule has 3 nitrogen and oxygen atoms in total. The first kappa shape index (κ1) is 10.1. The number of ether oxygens (including phenoxy) is 1. The Morgan fingerprint density at radius 1 is 1.33 bits per heavy atom. The van der Waals surface area contributed by atoms with Crippen LogP contribution >= 0.6 is 0 Å². The van der Waals surface area contributed by atoms with Crippen LogP contribution in [0.2, 0.25) is 0 Å². The summed E-state index contributed by atoms with van der Waals surface area (Å²) >= 11 is 0. The molecule has 3 heterocycles. The lowest BCUT2D eigenvalue weighted by molar-refractivity contribution is 0.0728. The lowest BCUT2D eigenvalue weighted by Gasteiger charge is -2.21. The van der Waals surface area contributed by atoms with Crippen LogP contribution < -0.4 is 5.32 Å². The Bertz CT molecular complexity index is 220. The summed E-state index contributed by atoms with van der Waals surface area (Å²) in [6, 6.07) is 0. The Hall–Kier alpha value is -0.120. The van der Waals surface area contributed by atoms with Gasteiger partial charge in [-0.2, -0.15) is 0 Å². The van der Waals surface area contributed by atoms with Gasteiger partial charge in [0.25, 0.3) is 0 Å². The van der Waals surface area contributed by atoms with E-state index in [0.29, 0.717) is 11.5 Å². The molecule has 15 heavy (non-hydrogen) atoms. The Balaban J connectivity index is 1.52. The molecule has 0 bridgehead atoms. The number of hydrogen-bond acceptors (Lipinski definition) is 3. The van der Waals surface area contributed by atoms with Crippen LogP contribution in [0.3, 0.4) is 0 Å². The standard InChI is InChI=1S/C12H22N2O/c1-2-6-14(5-1)8-11-7-12(10-15-11)3-4-13-9-12/h11,13H,1-10H2. The lowest BCUT2D eigenvalue weighted by atomic mass is 9.85. The van der Waals surface area contributed by atoms with Gasteiger partial charge < -0.3 is 15.0 Å². The van der Waals surface area contributed by atoms with Gasteiger partial charge in [0.05, 0.1) is 12.7 Å². The van der Waals surface area contributed by atoms with Gasteiger partial charge in [-0.1, -0.05) is 0 Å². The van der Waals surface area contributed by atoms with E-state index in [1.807, 2.05) is 0 Å². The van der Waals surface area contributed by atoms with E-state index in [-0.39, 0.29) is 0 Å². The number of rotatable bonds is 2. The Morgan fingerprint density at radius 3 is 2.93 bits per heavy atom. The van der Waals surface area contributed by atoms with Gasteiger partial charge in [-0.05, 0) is 45.3 Å². The van der Waals surface area contributed by atoms with E-state index in [0.717, 1.165) is 6.61 Å². The fourth-order valence-electron chi connectivity index (χ4n) is 3.36. The van der Waals surface area contributed by atoms with Gasteiger partial charge in [0.2, 0.25) is 0 Å². The highest BCUT2D eigenvalue weighted by Gasteiger charge is 2.42. The summed E-state index contributed by atoms with van der Waals surface area (Å²) in [5, 5.41) is 3.48. The lowest BCUT2D eigenvalue weighted by Crippen LogP contribution is -2.30. The van der Waals surface area contributed by atoms with Gasteiger partial charge in [0, 0.05) is 18.5 Å². The average Bonchev–Trinajstić information content (AvgIpc) is 2.92. The Kier molecular flexibility index (Phi) is 2.71. The predicted molar refractivity (Wildman–Crippen MR) is 60.0 cm³/mol.